The average Bonchev–Trinajstić information content (AvgIpc) is 4.23. The number of nitrogens with zero attached hydrogens (tertiary/aromatic N) is 5. The molecule has 4 aliphatic rings. The zero-order valence-electron chi connectivity index (χ0n) is 42.6. The van der Waals surface area contributed by atoms with E-state index in [1.165, 1.54) is 31.3 Å². The molecular weight excluding hydrogens is 967 g/mol. The minimum Gasteiger partial charge on any atom is -0.480 e. The fourth-order valence-electron chi connectivity index (χ4n) is 9.73. The van der Waals surface area contributed by atoms with Gasteiger partial charge in [0.15, 0.2) is 5.96 Å². The van der Waals surface area contributed by atoms with E-state index in [0.29, 0.717) is 63.7 Å². The number of aliphatic imine (C=N–C) groups is 1. The Balaban J connectivity index is 1.19. The van der Waals surface area contributed by atoms with Crippen LogP contribution in [0.15, 0.2) is 17.5 Å². The number of aliphatic carboxylic acids is 1. The summed E-state index contributed by atoms with van der Waals surface area (Å²) >= 11 is 0. The van der Waals surface area contributed by atoms with Gasteiger partial charge in [0.1, 0.15) is 54.4 Å². The Kier molecular flexibility index (Phi) is 21.5. The van der Waals surface area contributed by atoms with Gasteiger partial charge in [-0.2, -0.15) is 0 Å². The third kappa shape index (κ3) is 15.8. The van der Waals surface area contributed by atoms with Crippen LogP contribution in [0.25, 0.3) is 0 Å². The van der Waals surface area contributed by atoms with E-state index >= 15 is 0 Å². The van der Waals surface area contributed by atoms with Gasteiger partial charge in [-0.15, -0.1) is 0 Å². The number of carboxylic acid groups (broad SMARTS) is 1. The number of aromatic nitrogens is 2. The number of likely N-dealkylation sites (tertiary alicyclic amines) is 3. The van der Waals surface area contributed by atoms with Crippen molar-refractivity contribution in [3.05, 3.63) is 18.2 Å². The Morgan fingerprint density at radius 2 is 1.20 bits per heavy atom. The van der Waals surface area contributed by atoms with E-state index in [1.54, 1.807) is 23.6 Å². The number of rotatable bonds is 25. The van der Waals surface area contributed by atoms with E-state index in [2.05, 4.69) is 52.2 Å². The first kappa shape index (κ1) is 58.0. The molecule has 0 aromatic carbocycles. The molecule has 1 aromatic heterocycles. The molecule has 5 heterocycles. The summed E-state index contributed by atoms with van der Waals surface area (Å²) < 4.78 is 0. The highest BCUT2D eigenvalue weighted by molar-refractivity contribution is 5.99. The summed E-state index contributed by atoms with van der Waals surface area (Å²) in [6.45, 7) is 7.21. The number of aromatic amines is 1. The molecule has 27 nitrogen and oxygen atoms in total. The second-order valence-corrected chi connectivity index (χ2v) is 19.8. The number of carbonyl (C=O) groups is 10. The molecule has 4 fully saturated rings. The Morgan fingerprint density at radius 1 is 0.676 bits per heavy atom. The molecule has 0 radical (unpaired) electrons. The zero-order chi connectivity index (χ0) is 54.2. The molecule has 0 saturated carbocycles. The van der Waals surface area contributed by atoms with Crippen molar-refractivity contribution in [2.75, 3.05) is 39.3 Å². The van der Waals surface area contributed by atoms with E-state index in [1.807, 2.05) is 0 Å². The smallest absolute Gasteiger partial charge is 0.326 e. The monoisotopic (exact) mass is 1040 g/mol. The van der Waals surface area contributed by atoms with Crippen molar-refractivity contribution < 1.29 is 58.2 Å². The van der Waals surface area contributed by atoms with Crippen molar-refractivity contribution in [2.24, 2.45) is 22.4 Å². The topological polar surface area (TPSA) is 398 Å². The summed E-state index contributed by atoms with van der Waals surface area (Å²) in [6.07, 6.45) is 7.22. The largest absolute Gasteiger partial charge is 0.480 e. The van der Waals surface area contributed by atoms with Gasteiger partial charge in [0.2, 0.25) is 53.2 Å². The van der Waals surface area contributed by atoms with E-state index < -0.39 is 102 Å². The van der Waals surface area contributed by atoms with E-state index in [9.17, 15) is 58.2 Å². The zero-order valence-corrected chi connectivity index (χ0v) is 42.6. The first-order valence-electron chi connectivity index (χ1n) is 25.5. The average molecular weight is 1040 g/mol. The number of nitrogens with one attached hydrogen (secondary N) is 8. The summed E-state index contributed by atoms with van der Waals surface area (Å²) in [5.74, 6) is -7.39. The minimum atomic E-state index is -1.62. The van der Waals surface area contributed by atoms with Crippen molar-refractivity contribution >= 4 is 65.1 Å². The van der Waals surface area contributed by atoms with Gasteiger partial charge in [-0.05, 0) is 96.9 Å². The molecule has 0 spiro atoms. The van der Waals surface area contributed by atoms with Crippen molar-refractivity contribution in [3.63, 3.8) is 0 Å². The number of H-pyrrole nitrogens is 1. The Bertz CT molecular complexity index is 2200. The molecule has 1 aromatic rings. The predicted molar refractivity (Wildman–Crippen MR) is 265 cm³/mol. The van der Waals surface area contributed by atoms with Gasteiger partial charge in [-0.3, -0.25) is 48.1 Å². The lowest BCUT2D eigenvalue weighted by Gasteiger charge is -2.34. The quantitative estimate of drug-likeness (QED) is 0.0251. The normalized spacial score (nSPS) is 21.9. The molecule has 27 heteroatoms. The van der Waals surface area contributed by atoms with Crippen molar-refractivity contribution in [1.82, 2.24) is 61.9 Å². The lowest BCUT2D eigenvalue weighted by molar-refractivity contribution is -0.151. The number of aliphatic hydroxyl groups excluding tert-OH is 1. The fraction of sp³-hybridized carbons (Fsp3) is 0.702. The second kappa shape index (κ2) is 27.4. The van der Waals surface area contributed by atoms with Crippen LogP contribution in [-0.2, 0) is 54.4 Å². The summed E-state index contributed by atoms with van der Waals surface area (Å²) in [6, 6.07) is -10.9. The molecule has 4 saturated heterocycles. The maximum absolute atomic E-state index is 14.2. The maximum atomic E-state index is 14.2. The molecule has 0 unspecified atom stereocenters. The third-order valence-corrected chi connectivity index (χ3v) is 13.7. The highest BCUT2D eigenvalue weighted by Crippen LogP contribution is 2.29. The van der Waals surface area contributed by atoms with Crippen molar-refractivity contribution in [3.8, 4) is 0 Å². The second-order valence-electron chi connectivity index (χ2n) is 19.8. The molecule has 14 N–H and O–H groups in total. The van der Waals surface area contributed by atoms with Gasteiger partial charge in [-0.25, -0.2) is 9.78 Å². The number of hydrogen-bond acceptors (Lipinski definition) is 14. The molecule has 74 heavy (non-hydrogen) atoms. The number of nitrogens with two attached hydrogens (primary N) is 2. The van der Waals surface area contributed by atoms with Crippen LogP contribution in [0.1, 0.15) is 104 Å². The Labute approximate surface area is 429 Å². The summed E-state index contributed by atoms with van der Waals surface area (Å²) in [5, 5.41) is 37.9. The van der Waals surface area contributed by atoms with Crippen LogP contribution in [0.5, 0.6) is 0 Å². The molecule has 0 bridgehead atoms. The standard InChI is InChI=1S/C47H75N15O12/c1-25(2)20-32(46(73)74)58-41(68)33(23-63)59-40(67)31(21-28-22-50-24-53-28)57-39(66)29(10-5-16-52-47(48)49)56-38(65)27(4)54-37(64)26(3)55-42(69)34-12-7-17-60(34)44(71)36-14-9-19-62(36)45(72)35-13-8-18-61(35)43(70)30-11-6-15-51-30/h22,24-27,29-36,51,63H,5-21,23H2,1-4H3,(H,50,53)(H,54,64)(H,55,69)(H,56,65)(H,57,66)(H,58,68)(H,59,67)(H,73,74)(H4,48,49,52)/t26-,27-,29-,30-,31-,32-,33-,34-,35-,36-/m0/s1. The number of amides is 9. The van der Waals surface area contributed by atoms with Gasteiger partial charge < -0.3 is 78.6 Å². The highest BCUT2D eigenvalue weighted by atomic mass is 16.4. The van der Waals surface area contributed by atoms with Gasteiger partial charge in [0.05, 0.1) is 19.0 Å². The SMILES string of the molecule is CC(C)C[C@H](NC(=O)[C@H](CO)NC(=O)[C@H](Cc1cnc[nH]1)NC(=O)[C@H](CCCN=C(N)N)NC(=O)[C@H](C)NC(=O)[C@H](C)NC(=O)[C@@H]1CCCN1C(=O)[C@@H]1CCCN1C(=O)[C@@H]1CCCN1C(=O)[C@@H]1CCCN1)C(=O)O. The number of hydrogen-bond donors (Lipinski definition) is 12. The molecular formula is C47H75N15O12. The lowest BCUT2D eigenvalue weighted by Crippen LogP contribution is -2.60. The number of carboxylic acids is 1. The molecule has 9 amide bonds. The van der Waals surface area contributed by atoms with Crippen LogP contribution in [0.2, 0.25) is 0 Å². The fourth-order valence-corrected chi connectivity index (χ4v) is 9.73. The van der Waals surface area contributed by atoms with Gasteiger partial charge in [-0.1, -0.05) is 13.8 Å². The van der Waals surface area contributed by atoms with Crippen molar-refractivity contribution in [1.29, 1.82) is 0 Å². The minimum absolute atomic E-state index is 0.0475. The first-order chi connectivity index (χ1) is 35.2. The number of guanidine groups is 1. The van der Waals surface area contributed by atoms with Crippen LogP contribution >= 0.6 is 0 Å². The van der Waals surface area contributed by atoms with E-state index in [4.69, 9.17) is 11.5 Å². The number of aliphatic hydroxyl groups is 1. The van der Waals surface area contributed by atoms with Crippen LogP contribution in [0.3, 0.4) is 0 Å². The molecule has 0 aliphatic carbocycles. The maximum Gasteiger partial charge on any atom is 0.326 e. The number of imidazole rings is 1. The highest BCUT2D eigenvalue weighted by Gasteiger charge is 2.47. The molecule has 5 rings (SSSR count). The Morgan fingerprint density at radius 3 is 1.76 bits per heavy atom. The molecule has 410 valence electrons. The van der Waals surface area contributed by atoms with E-state index in [-0.39, 0.29) is 74.4 Å². The van der Waals surface area contributed by atoms with E-state index in [0.717, 1.165) is 13.0 Å². The van der Waals surface area contributed by atoms with Crippen LogP contribution in [0.4, 0.5) is 0 Å². The van der Waals surface area contributed by atoms with Gasteiger partial charge in [0.25, 0.3) is 0 Å². The van der Waals surface area contributed by atoms with Gasteiger partial charge >= 0.3 is 5.97 Å². The van der Waals surface area contributed by atoms with Crippen LogP contribution in [-0.4, -0.2) is 200 Å². The van der Waals surface area contributed by atoms with Crippen LogP contribution in [0, 0.1) is 5.92 Å². The third-order valence-electron chi connectivity index (χ3n) is 13.7. The van der Waals surface area contributed by atoms with Crippen LogP contribution < -0.4 is 48.7 Å². The summed E-state index contributed by atoms with van der Waals surface area (Å²) in [7, 11) is 0. The molecule has 10 atom stereocenters. The summed E-state index contributed by atoms with van der Waals surface area (Å²) in [5.41, 5.74) is 11.3. The van der Waals surface area contributed by atoms with Gasteiger partial charge in [0, 0.05) is 44.5 Å². The predicted octanol–water partition coefficient (Wildman–Crippen LogP) is -4.20. The molecule has 4 aliphatic heterocycles. The Hall–Kier alpha value is -6.90. The lowest BCUT2D eigenvalue weighted by atomic mass is 10.0. The number of carbonyl (C=O) groups excluding carboxylic acids is 9. The first-order valence-corrected chi connectivity index (χ1v) is 25.5. The summed E-state index contributed by atoms with van der Waals surface area (Å²) in [4.78, 5) is 150. The van der Waals surface area contributed by atoms with Crippen molar-refractivity contribution in [2.45, 2.75) is 165 Å².